The van der Waals surface area contributed by atoms with Gasteiger partial charge in [-0.2, -0.15) is 11.3 Å². The summed E-state index contributed by atoms with van der Waals surface area (Å²) in [7, 11) is 2.17. The molecule has 1 unspecified atom stereocenters. The highest BCUT2D eigenvalue weighted by Crippen LogP contribution is 2.34. The van der Waals surface area contributed by atoms with Crippen LogP contribution in [0.4, 0.5) is 5.69 Å². The van der Waals surface area contributed by atoms with Crippen LogP contribution in [0.3, 0.4) is 0 Å². The second kappa shape index (κ2) is 7.77. The van der Waals surface area contributed by atoms with Gasteiger partial charge in [-0.05, 0) is 40.4 Å². The predicted molar refractivity (Wildman–Crippen MR) is 97.8 cm³/mol. The van der Waals surface area contributed by atoms with Crippen LogP contribution in [0.25, 0.3) is 0 Å². The monoisotopic (exact) mass is 338 g/mol. The number of amidine groups is 1. The van der Waals surface area contributed by atoms with E-state index in [0.29, 0.717) is 12.0 Å². The Hall–Kier alpha value is -1.36. The first kappa shape index (κ1) is 18.7. The molecular formula is C17H23ClN2OS. The quantitative estimate of drug-likeness (QED) is 0.807. The molecule has 0 saturated carbocycles. The highest BCUT2D eigenvalue weighted by atomic mass is 35.5. The molecule has 0 aliphatic carbocycles. The number of likely N-dealkylation sites (N-methyl/N-ethyl adjacent to an activating group) is 1. The smallest absolute Gasteiger partial charge is 0.108 e. The molecule has 0 spiro atoms. The highest BCUT2D eigenvalue weighted by molar-refractivity contribution is 7.08. The van der Waals surface area contributed by atoms with E-state index >= 15 is 0 Å². The molecule has 120 valence electrons. The van der Waals surface area contributed by atoms with Gasteiger partial charge in [-0.1, -0.05) is 32.0 Å². The van der Waals surface area contributed by atoms with Crippen molar-refractivity contribution in [3.05, 3.63) is 52.2 Å². The second-order valence-electron chi connectivity index (χ2n) is 5.64. The first-order valence-electron chi connectivity index (χ1n) is 7.08. The molecule has 3 nitrogen and oxygen atoms in total. The Bertz CT molecular complexity index is 625. The number of halogens is 1. The maximum atomic E-state index is 4.93. The van der Waals surface area contributed by atoms with E-state index in [0.717, 1.165) is 12.1 Å². The van der Waals surface area contributed by atoms with Crippen LogP contribution in [0.1, 0.15) is 31.0 Å². The summed E-state index contributed by atoms with van der Waals surface area (Å²) in [5.74, 6) is 1.60. The minimum atomic E-state index is 0. The van der Waals surface area contributed by atoms with Crippen LogP contribution in [-0.4, -0.2) is 23.3 Å². The number of benzene rings is 1. The molecule has 0 bridgehead atoms. The Morgan fingerprint density at radius 1 is 1.23 bits per heavy atom. The van der Waals surface area contributed by atoms with Crippen LogP contribution in [0.2, 0.25) is 0 Å². The van der Waals surface area contributed by atoms with Crippen molar-refractivity contribution < 1.29 is 5.48 Å². The highest BCUT2D eigenvalue weighted by Gasteiger charge is 2.26. The molecule has 0 saturated heterocycles. The van der Waals surface area contributed by atoms with Crippen molar-refractivity contribution in [1.29, 1.82) is 0 Å². The zero-order valence-corrected chi connectivity index (χ0v) is 14.7. The zero-order chi connectivity index (χ0) is 14.1. The predicted octanol–water partition coefficient (Wildman–Crippen LogP) is 4.26. The summed E-state index contributed by atoms with van der Waals surface area (Å²) >= 11 is 1.77. The molecule has 5 heteroatoms. The largest absolute Gasteiger partial charge is 0.412 e. The Morgan fingerprint density at radius 3 is 2.59 bits per heavy atom. The van der Waals surface area contributed by atoms with Gasteiger partial charge in [-0.3, -0.25) is 0 Å². The Labute approximate surface area is 142 Å². The van der Waals surface area contributed by atoms with Gasteiger partial charge in [-0.25, -0.2) is 4.99 Å². The fourth-order valence-electron chi connectivity index (χ4n) is 2.84. The normalized spacial score (nSPS) is 17.0. The molecule has 2 heterocycles. The lowest BCUT2D eigenvalue weighted by Crippen LogP contribution is -2.34. The van der Waals surface area contributed by atoms with Gasteiger partial charge < -0.3 is 10.4 Å². The number of para-hydroxylation sites is 1. The minimum absolute atomic E-state index is 0. The second-order valence-corrected chi connectivity index (χ2v) is 6.42. The van der Waals surface area contributed by atoms with E-state index in [1.807, 2.05) is 0 Å². The van der Waals surface area contributed by atoms with Crippen molar-refractivity contribution in [3.8, 4) is 0 Å². The Morgan fingerprint density at radius 2 is 1.95 bits per heavy atom. The third kappa shape index (κ3) is 3.51. The molecular weight excluding hydrogens is 316 g/mol. The van der Waals surface area contributed by atoms with Gasteiger partial charge in [0.1, 0.15) is 5.84 Å². The zero-order valence-electron chi connectivity index (χ0n) is 13.1. The maximum absolute atomic E-state index is 4.93. The molecule has 0 fully saturated rings. The summed E-state index contributed by atoms with van der Waals surface area (Å²) in [6.45, 7) is 4.43. The summed E-state index contributed by atoms with van der Waals surface area (Å²) in [4.78, 5) is 7.28. The van der Waals surface area contributed by atoms with E-state index < -0.39 is 0 Å². The van der Waals surface area contributed by atoms with Crippen LogP contribution in [0.15, 0.2) is 46.1 Å². The topological polar surface area (TPSA) is 47.1 Å². The van der Waals surface area contributed by atoms with Crippen molar-refractivity contribution in [2.45, 2.75) is 26.3 Å². The van der Waals surface area contributed by atoms with Crippen LogP contribution in [0, 0.1) is 5.92 Å². The van der Waals surface area contributed by atoms with E-state index in [4.69, 9.17) is 4.99 Å². The summed E-state index contributed by atoms with van der Waals surface area (Å²) in [6, 6.07) is 11.1. The van der Waals surface area contributed by atoms with Gasteiger partial charge in [0.05, 0.1) is 11.7 Å². The molecule has 0 amide bonds. The summed E-state index contributed by atoms with van der Waals surface area (Å²) in [5, 5.41) is 4.42. The van der Waals surface area contributed by atoms with Crippen molar-refractivity contribution in [3.63, 3.8) is 0 Å². The lowest BCUT2D eigenvalue weighted by Gasteiger charge is -2.30. The lowest BCUT2D eigenvalue weighted by molar-refractivity contribution is 0.362. The standard InChI is InChI=1S/C17H20N2S.ClH.H2O/c1-12(2)17-18-15-7-5-4-6-13(15)10-16(19(17)3)14-8-9-20-11-14;;/h4-9,11-12,16H,10H2,1-3H3;1H;1H2. The molecule has 1 aliphatic heterocycles. The van der Waals surface area contributed by atoms with E-state index in [1.165, 1.54) is 17.0 Å². The Balaban J connectivity index is 0.00000121. The molecule has 1 aromatic heterocycles. The van der Waals surface area contributed by atoms with E-state index in [1.54, 1.807) is 11.3 Å². The van der Waals surface area contributed by atoms with Crippen LogP contribution >= 0.6 is 23.7 Å². The fraction of sp³-hybridized carbons (Fsp3) is 0.353. The number of hydrogen-bond acceptors (Lipinski definition) is 3. The van der Waals surface area contributed by atoms with Gasteiger partial charge in [0, 0.05) is 13.0 Å². The molecule has 22 heavy (non-hydrogen) atoms. The maximum Gasteiger partial charge on any atom is 0.108 e. The first-order valence-corrected chi connectivity index (χ1v) is 8.02. The van der Waals surface area contributed by atoms with E-state index in [2.05, 4.69) is 66.9 Å². The average molecular weight is 339 g/mol. The average Bonchev–Trinajstić information content (AvgIpc) is 2.91. The molecule has 1 aromatic carbocycles. The van der Waals surface area contributed by atoms with Crippen molar-refractivity contribution in [1.82, 2.24) is 4.90 Å². The van der Waals surface area contributed by atoms with Crippen molar-refractivity contribution >= 4 is 35.3 Å². The van der Waals surface area contributed by atoms with Gasteiger partial charge in [0.25, 0.3) is 0 Å². The number of fused-ring (bicyclic) bond motifs is 1. The minimum Gasteiger partial charge on any atom is -0.412 e. The molecule has 3 rings (SSSR count). The van der Waals surface area contributed by atoms with E-state index in [9.17, 15) is 0 Å². The molecule has 2 N–H and O–H groups in total. The third-order valence-electron chi connectivity index (χ3n) is 3.91. The van der Waals surface area contributed by atoms with Crippen LogP contribution < -0.4 is 0 Å². The summed E-state index contributed by atoms with van der Waals surface area (Å²) < 4.78 is 0. The van der Waals surface area contributed by atoms with Crippen molar-refractivity contribution in [2.24, 2.45) is 10.9 Å². The third-order valence-corrected chi connectivity index (χ3v) is 4.61. The fourth-order valence-corrected chi connectivity index (χ4v) is 3.55. The SMILES string of the molecule is CC(C)C1=Nc2ccccc2CC(c2ccsc2)N1C.Cl.O. The number of nitrogens with zero attached hydrogens (tertiary/aromatic N) is 2. The van der Waals surface area contributed by atoms with Gasteiger partial charge >= 0.3 is 0 Å². The Kier molecular flexibility index (Phi) is 6.60. The molecule has 1 aliphatic rings. The number of rotatable bonds is 2. The van der Waals surface area contributed by atoms with Gasteiger partial charge in [0.15, 0.2) is 0 Å². The first-order chi connectivity index (χ1) is 9.66. The van der Waals surface area contributed by atoms with Gasteiger partial charge in [0.2, 0.25) is 0 Å². The lowest BCUT2D eigenvalue weighted by atomic mass is 9.99. The summed E-state index contributed by atoms with van der Waals surface area (Å²) in [5.41, 5.74) is 3.86. The molecule has 1 atom stereocenters. The van der Waals surface area contributed by atoms with E-state index in [-0.39, 0.29) is 17.9 Å². The number of aliphatic imine (C=N–C) groups is 1. The summed E-state index contributed by atoms with van der Waals surface area (Å²) in [6.07, 6.45) is 1.02. The van der Waals surface area contributed by atoms with Gasteiger partial charge in [-0.15, -0.1) is 12.4 Å². The molecule has 2 aromatic rings. The van der Waals surface area contributed by atoms with Crippen LogP contribution in [0.5, 0.6) is 0 Å². The van der Waals surface area contributed by atoms with Crippen molar-refractivity contribution in [2.75, 3.05) is 7.05 Å². The number of thiophene rings is 1. The number of hydrogen-bond donors (Lipinski definition) is 0. The van der Waals surface area contributed by atoms with Crippen LogP contribution in [-0.2, 0) is 6.42 Å². The molecule has 0 radical (unpaired) electrons.